The maximum absolute atomic E-state index is 11.7. The molecule has 150 valence electrons. The summed E-state index contributed by atoms with van der Waals surface area (Å²) in [5.41, 5.74) is 14.9. The van der Waals surface area contributed by atoms with E-state index in [9.17, 15) is 4.79 Å². The van der Waals surface area contributed by atoms with Gasteiger partial charge in [0.1, 0.15) is 0 Å². The number of primary amides is 1. The second-order valence-corrected chi connectivity index (χ2v) is 8.05. The minimum absolute atomic E-state index is 0.372. The van der Waals surface area contributed by atoms with Crippen molar-refractivity contribution < 1.29 is 4.79 Å². The summed E-state index contributed by atoms with van der Waals surface area (Å²) < 4.78 is 0. The van der Waals surface area contributed by atoms with Crippen LogP contribution in [0.5, 0.6) is 0 Å². The minimum Gasteiger partial charge on any atom is -0.371 e. The van der Waals surface area contributed by atoms with E-state index in [4.69, 9.17) is 10.7 Å². The number of benzene rings is 2. The van der Waals surface area contributed by atoms with Gasteiger partial charge in [-0.2, -0.15) is 0 Å². The zero-order chi connectivity index (χ0) is 20.5. The number of hydrogen-bond acceptors (Lipinski definition) is 3. The SMILES string of the molecule is NC(=O)c1ccc2c(c1)CCc1cccnc1C2=C1CCN(c2ccccc2)CC1. The number of nitrogens with zero attached hydrogens (tertiary/aromatic N) is 2. The van der Waals surface area contributed by atoms with E-state index < -0.39 is 0 Å². The molecule has 2 aliphatic rings. The Morgan fingerprint density at radius 2 is 1.63 bits per heavy atom. The number of anilines is 1. The molecule has 1 aliphatic heterocycles. The van der Waals surface area contributed by atoms with Gasteiger partial charge in [0, 0.05) is 36.1 Å². The zero-order valence-corrected chi connectivity index (χ0v) is 17.0. The lowest BCUT2D eigenvalue weighted by atomic mass is 9.88. The third kappa shape index (κ3) is 3.39. The standard InChI is InChI=1S/C26H25N3O/c27-26(30)21-10-11-23-20(17-21)9-8-19-5-4-14-28-25(19)24(23)18-12-15-29(16-13-18)22-6-2-1-3-7-22/h1-7,10-11,14,17H,8-9,12-13,15-16H2,(H2,27,30). The molecular weight excluding hydrogens is 370 g/mol. The Balaban J connectivity index is 1.58. The number of piperidine rings is 1. The monoisotopic (exact) mass is 395 g/mol. The Hall–Kier alpha value is -3.40. The van der Waals surface area contributed by atoms with Gasteiger partial charge in [0.15, 0.2) is 0 Å². The maximum atomic E-state index is 11.7. The molecule has 4 nitrogen and oxygen atoms in total. The first-order valence-electron chi connectivity index (χ1n) is 10.6. The van der Waals surface area contributed by atoms with Crippen molar-refractivity contribution in [2.75, 3.05) is 18.0 Å². The van der Waals surface area contributed by atoms with Crippen LogP contribution in [0.3, 0.4) is 0 Å². The van der Waals surface area contributed by atoms with Gasteiger partial charge in [0.05, 0.1) is 5.69 Å². The van der Waals surface area contributed by atoms with Crippen molar-refractivity contribution in [3.05, 3.63) is 100 Å². The second-order valence-electron chi connectivity index (χ2n) is 8.05. The summed E-state index contributed by atoms with van der Waals surface area (Å²) in [5, 5.41) is 0. The van der Waals surface area contributed by atoms with Crippen LogP contribution in [0.15, 0.2) is 72.4 Å². The Morgan fingerprint density at radius 1 is 0.867 bits per heavy atom. The van der Waals surface area contributed by atoms with Gasteiger partial charge in [-0.05, 0) is 72.7 Å². The number of rotatable bonds is 2. The van der Waals surface area contributed by atoms with Crippen molar-refractivity contribution in [2.45, 2.75) is 25.7 Å². The molecule has 1 saturated heterocycles. The number of pyridine rings is 1. The summed E-state index contributed by atoms with van der Waals surface area (Å²) in [6, 6.07) is 20.7. The van der Waals surface area contributed by atoms with E-state index >= 15 is 0 Å². The largest absolute Gasteiger partial charge is 0.371 e. The van der Waals surface area contributed by atoms with Gasteiger partial charge >= 0.3 is 0 Å². The van der Waals surface area contributed by atoms with Crippen molar-refractivity contribution in [1.82, 2.24) is 4.98 Å². The molecule has 30 heavy (non-hydrogen) atoms. The minimum atomic E-state index is -0.372. The molecule has 0 bridgehead atoms. The van der Waals surface area contributed by atoms with Crippen LogP contribution in [0.2, 0.25) is 0 Å². The Labute approximate surface area is 177 Å². The molecular formula is C26H25N3O. The number of nitrogens with two attached hydrogens (primary N) is 1. The molecule has 3 aromatic rings. The summed E-state index contributed by atoms with van der Waals surface area (Å²) in [6.45, 7) is 2.00. The summed E-state index contributed by atoms with van der Waals surface area (Å²) in [4.78, 5) is 19.0. The van der Waals surface area contributed by atoms with Crippen molar-refractivity contribution in [3.8, 4) is 0 Å². The molecule has 1 amide bonds. The highest BCUT2D eigenvalue weighted by Gasteiger charge is 2.25. The van der Waals surface area contributed by atoms with Crippen LogP contribution >= 0.6 is 0 Å². The number of aromatic nitrogens is 1. The molecule has 4 heteroatoms. The summed E-state index contributed by atoms with van der Waals surface area (Å²) >= 11 is 0. The molecule has 1 aromatic heterocycles. The molecule has 2 heterocycles. The first-order valence-corrected chi connectivity index (χ1v) is 10.6. The van der Waals surface area contributed by atoms with Gasteiger partial charge in [0.2, 0.25) is 5.91 Å². The molecule has 2 aromatic carbocycles. The van der Waals surface area contributed by atoms with Gasteiger partial charge in [-0.15, -0.1) is 0 Å². The zero-order valence-electron chi connectivity index (χ0n) is 17.0. The van der Waals surface area contributed by atoms with Crippen LogP contribution in [0.1, 0.15) is 45.6 Å². The highest BCUT2D eigenvalue weighted by Crippen LogP contribution is 2.38. The van der Waals surface area contributed by atoms with E-state index in [1.54, 1.807) is 0 Å². The summed E-state index contributed by atoms with van der Waals surface area (Å²) in [6.07, 6.45) is 5.73. The highest BCUT2D eigenvalue weighted by molar-refractivity contribution is 5.94. The fourth-order valence-corrected chi connectivity index (χ4v) is 4.74. The van der Waals surface area contributed by atoms with Crippen LogP contribution in [0, 0.1) is 0 Å². The number of hydrogen-bond donors (Lipinski definition) is 1. The summed E-state index contributed by atoms with van der Waals surface area (Å²) in [7, 11) is 0. The topological polar surface area (TPSA) is 59.2 Å². The Kier molecular flexibility index (Phi) is 4.83. The average Bonchev–Trinajstić information content (AvgIpc) is 2.96. The molecule has 0 saturated carbocycles. The quantitative estimate of drug-likeness (QED) is 0.700. The molecule has 0 unspecified atom stereocenters. The molecule has 1 aliphatic carbocycles. The first-order chi connectivity index (χ1) is 14.7. The van der Waals surface area contributed by atoms with Gasteiger partial charge in [-0.1, -0.05) is 35.9 Å². The third-order valence-electron chi connectivity index (χ3n) is 6.29. The van der Waals surface area contributed by atoms with Crippen LogP contribution in [0.25, 0.3) is 5.57 Å². The fourth-order valence-electron chi connectivity index (χ4n) is 4.74. The van der Waals surface area contributed by atoms with Crippen molar-refractivity contribution in [3.63, 3.8) is 0 Å². The van der Waals surface area contributed by atoms with E-state index in [1.807, 2.05) is 24.4 Å². The van der Waals surface area contributed by atoms with E-state index in [2.05, 4.69) is 47.4 Å². The number of amides is 1. The molecule has 0 spiro atoms. The number of carbonyl (C=O) groups excluding carboxylic acids is 1. The van der Waals surface area contributed by atoms with Crippen LogP contribution < -0.4 is 10.6 Å². The summed E-state index contributed by atoms with van der Waals surface area (Å²) in [5.74, 6) is -0.372. The van der Waals surface area contributed by atoms with Crippen LogP contribution in [-0.4, -0.2) is 24.0 Å². The van der Waals surface area contributed by atoms with Gasteiger partial charge in [-0.3, -0.25) is 9.78 Å². The number of carbonyl (C=O) groups is 1. The van der Waals surface area contributed by atoms with E-state index in [0.29, 0.717) is 5.56 Å². The van der Waals surface area contributed by atoms with E-state index in [0.717, 1.165) is 44.5 Å². The molecule has 2 N–H and O–H groups in total. The number of fused-ring (bicyclic) bond motifs is 2. The van der Waals surface area contributed by atoms with Crippen molar-refractivity contribution in [1.29, 1.82) is 0 Å². The predicted molar refractivity (Wildman–Crippen MR) is 121 cm³/mol. The van der Waals surface area contributed by atoms with Crippen LogP contribution in [-0.2, 0) is 12.8 Å². The fraction of sp³-hybridized carbons (Fsp3) is 0.231. The maximum Gasteiger partial charge on any atom is 0.248 e. The lowest BCUT2D eigenvalue weighted by Gasteiger charge is -2.32. The van der Waals surface area contributed by atoms with E-state index in [1.165, 1.54) is 33.5 Å². The Bertz CT molecular complexity index is 1120. The third-order valence-corrected chi connectivity index (χ3v) is 6.29. The Morgan fingerprint density at radius 3 is 2.40 bits per heavy atom. The van der Waals surface area contributed by atoms with Crippen molar-refractivity contribution >= 4 is 17.2 Å². The normalized spacial score (nSPS) is 15.9. The highest BCUT2D eigenvalue weighted by atomic mass is 16.1. The molecule has 1 fully saturated rings. The van der Waals surface area contributed by atoms with Crippen molar-refractivity contribution in [2.24, 2.45) is 5.73 Å². The molecule has 0 atom stereocenters. The smallest absolute Gasteiger partial charge is 0.248 e. The molecule has 0 radical (unpaired) electrons. The first kappa shape index (κ1) is 18.6. The van der Waals surface area contributed by atoms with E-state index in [-0.39, 0.29) is 5.91 Å². The predicted octanol–water partition coefficient (Wildman–Crippen LogP) is 4.38. The van der Waals surface area contributed by atoms with Gasteiger partial charge in [-0.25, -0.2) is 0 Å². The lowest BCUT2D eigenvalue weighted by molar-refractivity contribution is 0.1000. The average molecular weight is 396 g/mol. The number of aryl methyl sites for hydroxylation is 2. The molecule has 5 rings (SSSR count). The lowest BCUT2D eigenvalue weighted by Crippen LogP contribution is -2.31. The second kappa shape index (κ2) is 7.79. The van der Waals surface area contributed by atoms with Gasteiger partial charge in [0.25, 0.3) is 0 Å². The number of para-hydroxylation sites is 1. The van der Waals surface area contributed by atoms with Gasteiger partial charge < -0.3 is 10.6 Å². The van der Waals surface area contributed by atoms with Crippen LogP contribution in [0.4, 0.5) is 5.69 Å².